The van der Waals surface area contributed by atoms with Crippen molar-refractivity contribution in [3.63, 3.8) is 0 Å². The van der Waals surface area contributed by atoms with Crippen LogP contribution in [0.4, 0.5) is 0 Å². The van der Waals surface area contributed by atoms with E-state index in [1.807, 2.05) is 0 Å². The van der Waals surface area contributed by atoms with Crippen molar-refractivity contribution in [2.24, 2.45) is 0 Å². The third kappa shape index (κ3) is 2.52. The Morgan fingerprint density at radius 1 is 1.56 bits per heavy atom. The summed E-state index contributed by atoms with van der Waals surface area (Å²) in [4.78, 5) is 24.6. The number of hydrogen-bond acceptors (Lipinski definition) is 3. The minimum atomic E-state index is -0.320. The van der Waals surface area contributed by atoms with Gasteiger partial charge in [-0.15, -0.1) is 0 Å². The molecule has 0 aromatic carbocycles. The fourth-order valence-corrected chi connectivity index (χ4v) is 2.25. The Balaban J connectivity index is 1.81. The van der Waals surface area contributed by atoms with Gasteiger partial charge < -0.3 is 15.0 Å². The van der Waals surface area contributed by atoms with E-state index in [-0.39, 0.29) is 24.0 Å². The molecule has 5 nitrogen and oxygen atoms in total. The smallest absolute Gasteiger partial charge is 0.244 e. The van der Waals surface area contributed by atoms with E-state index in [9.17, 15) is 9.59 Å². The first-order valence-corrected chi connectivity index (χ1v) is 5.83. The average molecular weight is 226 g/mol. The summed E-state index contributed by atoms with van der Waals surface area (Å²) >= 11 is 0. The Labute approximate surface area is 95.1 Å². The highest BCUT2D eigenvalue weighted by Crippen LogP contribution is 2.14. The predicted octanol–water partition coefficient (Wildman–Crippen LogP) is -0.0976. The van der Waals surface area contributed by atoms with Gasteiger partial charge in [-0.2, -0.15) is 0 Å². The molecule has 2 heterocycles. The normalized spacial score (nSPS) is 29.2. The van der Waals surface area contributed by atoms with E-state index in [4.69, 9.17) is 4.74 Å². The van der Waals surface area contributed by atoms with Crippen LogP contribution in [0.1, 0.15) is 25.7 Å². The average Bonchev–Trinajstić information content (AvgIpc) is 2.88. The summed E-state index contributed by atoms with van der Waals surface area (Å²) in [7, 11) is 1.77. The quantitative estimate of drug-likeness (QED) is 0.731. The summed E-state index contributed by atoms with van der Waals surface area (Å²) < 4.78 is 5.48. The van der Waals surface area contributed by atoms with Gasteiger partial charge in [-0.05, 0) is 19.3 Å². The molecule has 16 heavy (non-hydrogen) atoms. The van der Waals surface area contributed by atoms with Gasteiger partial charge >= 0.3 is 0 Å². The van der Waals surface area contributed by atoms with Gasteiger partial charge in [-0.1, -0.05) is 0 Å². The number of ether oxygens (including phenoxy) is 1. The fraction of sp³-hybridized carbons (Fsp3) is 0.818. The summed E-state index contributed by atoms with van der Waals surface area (Å²) in [6, 6.07) is -0.320. The Morgan fingerprint density at radius 3 is 2.94 bits per heavy atom. The molecule has 0 aromatic heterocycles. The number of nitrogens with zero attached hydrogens (tertiary/aromatic N) is 1. The van der Waals surface area contributed by atoms with E-state index >= 15 is 0 Å². The van der Waals surface area contributed by atoms with E-state index in [1.165, 1.54) is 0 Å². The van der Waals surface area contributed by atoms with Crippen LogP contribution in [0.15, 0.2) is 0 Å². The highest BCUT2D eigenvalue weighted by Gasteiger charge is 2.30. The zero-order valence-corrected chi connectivity index (χ0v) is 9.57. The van der Waals surface area contributed by atoms with Gasteiger partial charge in [-0.25, -0.2) is 0 Å². The summed E-state index contributed by atoms with van der Waals surface area (Å²) in [6.07, 6.45) is 3.35. The molecule has 0 aliphatic carbocycles. The van der Waals surface area contributed by atoms with Gasteiger partial charge in [0.05, 0.1) is 6.10 Å². The molecule has 2 amide bonds. The maximum atomic E-state index is 11.9. The van der Waals surface area contributed by atoms with Crippen LogP contribution in [0.2, 0.25) is 0 Å². The van der Waals surface area contributed by atoms with Crippen LogP contribution in [0.5, 0.6) is 0 Å². The van der Waals surface area contributed by atoms with Crippen molar-refractivity contribution in [1.29, 1.82) is 0 Å². The molecule has 0 unspecified atom stereocenters. The molecule has 5 heteroatoms. The number of hydrogen-bond donors (Lipinski definition) is 1. The zero-order valence-electron chi connectivity index (χ0n) is 9.57. The second-order valence-electron chi connectivity index (χ2n) is 4.51. The monoisotopic (exact) mass is 226 g/mol. The van der Waals surface area contributed by atoms with Gasteiger partial charge in [-0.3, -0.25) is 9.59 Å². The number of likely N-dealkylation sites (N-methyl/N-ethyl adjacent to an activating group) is 1. The van der Waals surface area contributed by atoms with Crippen molar-refractivity contribution in [3.8, 4) is 0 Å². The highest BCUT2D eigenvalue weighted by molar-refractivity contribution is 5.90. The SMILES string of the molecule is CN(C[C@H]1CCCO1)C(=O)[C@H]1CCC(=O)N1. The van der Waals surface area contributed by atoms with Crippen molar-refractivity contribution in [2.75, 3.05) is 20.2 Å². The summed E-state index contributed by atoms with van der Waals surface area (Å²) in [5.74, 6) is -0.0229. The standard InChI is InChI=1S/C11H18N2O3/c1-13(7-8-3-2-6-16-8)11(15)9-4-5-10(14)12-9/h8-9H,2-7H2,1H3,(H,12,14)/t8-,9-/m1/s1. The van der Waals surface area contributed by atoms with Gasteiger partial charge in [0.25, 0.3) is 0 Å². The van der Waals surface area contributed by atoms with Crippen LogP contribution in [0, 0.1) is 0 Å². The summed E-state index contributed by atoms with van der Waals surface area (Å²) in [5.41, 5.74) is 0. The Morgan fingerprint density at radius 2 is 2.38 bits per heavy atom. The lowest BCUT2D eigenvalue weighted by Gasteiger charge is -2.23. The molecule has 2 atom stereocenters. The first kappa shape index (κ1) is 11.4. The minimum absolute atomic E-state index is 0.00125. The minimum Gasteiger partial charge on any atom is -0.376 e. The Bertz CT molecular complexity index is 287. The van der Waals surface area contributed by atoms with E-state index in [0.717, 1.165) is 19.4 Å². The molecule has 0 bridgehead atoms. The molecular weight excluding hydrogens is 208 g/mol. The van der Waals surface area contributed by atoms with Crippen molar-refractivity contribution < 1.29 is 14.3 Å². The van der Waals surface area contributed by atoms with E-state index in [1.54, 1.807) is 11.9 Å². The lowest BCUT2D eigenvalue weighted by Crippen LogP contribution is -2.45. The third-order valence-corrected chi connectivity index (χ3v) is 3.17. The molecule has 90 valence electrons. The van der Waals surface area contributed by atoms with E-state index in [0.29, 0.717) is 19.4 Å². The zero-order chi connectivity index (χ0) is 11.5. The van der Waals surface area contributed by atoms with Crippen molar-refractivity contribution in [1.82, 2.24) is 10.2 Å². The molecular formula is C11H18N2O3. The van der Waals surface area contributed by atoms with Crippen LogP contribution in [0.3, 0.4) is 0 Å². The van der Waals surface area contributed by atoms with Crippen molar-refractivity contribution in [2.45, 2.75) is 37.8 Å². The molecule has 0 saturated carbocycles. The maximum Gasteiger partial charge on any atom is 0.244 e. The summed E-state index contributed by atoms with van der Waals surface area (Å²) in [6.45, 7) is 1.43. The number of rotatable bonds is 3. The molecule has 2 aliphatic rings. The lowest BCUT2D eigenvalue weighted by molar-refractivity contribution is -0.134. The number of carbonyl (C=O) groups excluding carboxylic acids is 2. The first-order valence-electron chi connectivity index (χ1n) is 5.83. The van der Waals surface area contributed by atoms with Crippen LogP contribution in [-0.4, -0.2) is 49.1 Å². The molecule has 2 fully saturated rings. The van der Waals surface area contributed by atoms with Crippen LogP contribution in [-0.2, 0) is 14.3 Å². The van der Waals surface area contributed by atoms with E-state index in [2.05, 4.69) is 5.32 Å². The largest absolute Gasteiger partial charge is 0.376 e. The van der Waals surface area contributed by atoms with Gasteiger partial charge in [0.2, 0.25) is 11.8 Å². The van der Waals surface area contributed by atoms with Crippen LogP contribution < -0.4 is 5.32 Å². The first-order chi connectivity index (χ1) is 7.66. The molecule has 0 spiro atoms. The molecule has 0 aromatic rings. The lowest BCUT2D eigenvalue weighted by atomic mass is 10.2. The number of amides is 2. The summed E-state index contributed by atoms with van der Waals surface area (Å²) in [5, 5.41) is 2.69. The number of carbonyl (C=O) groups is 2. The van der Waals surface area contributed by atoms with Gasteiger partial charge in [0.1, 0.15) is 6.04 Å². The topological polar surface area (TPSA) is 58.6 Å². The Hall–Kier alpha value is -1.10. The van der Waals surface area contributed by atoms with E-state index < -0.39 is 0 Å². The molecule has 2 rings (SSSR count). The molecule has 1 N–H and O–H groups in total. The fourth-order valence-electron chi connectivity index (χ4n) is 2.25. The maximum absolute atomic E-state index is 11.9. The Kier molecular flexibility index (Phi) is 3.43. The predicted molar refractivity (Wildman–Crippen MR) is 57.8 cm³/mol. The molecule has 0 radical (unpaired) electrons. The highest BCUT2D eigenvalue weighted by atomic mass is 16.5. The van der Waals surface area contributed by atoms with Gasteiger partial charge in [0.15, 0.2) is 0 Å². The van der Waals surface area contributed by atoms with Crippen LogP contribution in [0.25, 0.3) is 0 Å². The third-order valence-electron chi connectivity index (χ3n) is 3.17. The van der Waals surface area contributed by atoms with Crippen LogP contribution >= 0.6 is 0 Å². The molecule has 2 saturated heterocycles. The molecule has 2 aliphatic heterocycles. The second-order valence-corrected chi connectivity index (χ2v) is 4.51. The van der Waals surface area contributed by atoms with Crippen molar-refractivity contribution in [3.05, 3.63) is 0 Å². The van der Waals surface area contributed by atoms with Crippen molar-refractivity contribution >= 4 is 11.8 Å². The second kappa shape index (κ2) is 4.82. The van der Waals surface area contributed by atoms with Gasteiger partial charge in [0, 0.05) is 26.6 Å². The number of nitrogens with one attached hydrogen (secondary N) is 1.